The fourth-order valence-electron chi connectivity index (χ4n) is 2.36. The fourth-order valence-corrected chi connectivity index (χ4v) is 3.22. The van der Waals surface area contributed by atoms with Gasteiger partial charge in [0.05, 0.1) is 17.6 Å². The van der Waals surface area contributed by atoms with E-state index in [2.05, 4.69) is 5.32 Å². The van der Waals surface area contributed by atoms with Crippen LogP contribution in [0.3, 0.4) is 0 Å². The molecule has 2 aromatic rings. The summed E-state index contributed by atoms with van der Waals surface area (Å²) in [5.41, 5.74) is -0.519. The van der Waals surface area contributed by atoms with Gasteiger partial charge in [0.1, 0.15) is 5.75 Å². The van der Waals surface area contributed by atoms with Crippen LogP contribution in [0, 0.1) is 0 Å². The average molecular weight is 430 g/mol. The molecule has 10 heteroatoms. The standard InChI is InChI=1S/C18H11ClF3NO4S/c1-26-14-6-9(7-15-16(24)23-17(25)28-15)2-4-13(14)27-12-5-3-10(19)8-11(12)18(20,21)22/h2-8H,1H3,(H,23,24,25). The number of alkyl halides is 3. The van der Waals surface area contributed by atoms with Crippen LogP contribution in [0.5, 0.6) is 17.2 Å². The molecule has 146 valence electrons. The minimum Gasteiger partial charge on any atom is -0.493 e. The van der Waals surface area contributed by atoms with Crippen LogP contribution >= 0.6 is 23.4 Å². The summed E-state index contributed by atoms with van der Waals surface area (Å²) in [5.74, 6) is -0.771. The Morgan fingerprint density at radius 2 is 1.79 bits per heavy atom. The van der Waals surface area contributed by atoms with Gasteiger partial charge in [0.2, 0.25) is 0 Å². The van der Waals surface area contributed by atoms with Gasteiger partial charge >= 0.3 is 6.18 Å². The van der Waals surface area contributed by atoms with Gasteiger partial charge in [0.15, 0.2) is 11.5 Å². The Hall–Kier alpha value is -2.65. The zero-order valence-electron chi connectivity index (χ0n) is 14.1. The molecular weight excluding hydrogens is 419 g/mol. The topological polar surface area (TPSA) is 64.6 Å². The molecule has 2 aromatic carbocycles. The van der Waals surface area contributed by atoms with Gasteiger partial charge in [-0.15, -0.1) is 0 Å². The summed E-state index contributed by atoms with van der Waals surface area (Å²) in [4.78, 5) is 23.0. The highest BCUT2D eigenvalue weighted by Crippen LogP contribution is 2.41. The second-order valence-corrected chi connectivity index (χ2v) is 6.95. The van der Waals surface area contributed by atoms with E-state index >= 15 is 0 Å². The minimum absolute atomic E-state index is 0.0390. The maximum Gasteiger partial charge on any atom is 0.420 e. The summed E-state index contributed by atoms with van der Waals surface area (Å²) in [6.07, 6.45) is -3.20. The highest BCUT2D eigenvalue weighted by Gasteiger charge is 2.35. The van der Waals surface area contributed by atoms with Crippen molar-refractivity contribution in [2.75, 3.05) is 7.11 Å². The highest BCUT2D eigenvalue weighted by atomic mass is 35.5. The molecule has 1 aliphatic heterocycles. The van der Waals surface area contributed by atoms with Gasteiger partial charge < -0.3 is 9.47 Å². The minimum atomic E-state index is -4.66. The Balaban J connectivity index is 1.94. The van der Waals surface area contributed by atoms with E-state index in [1.807, 2.05) is 0 Å². The number of rotatable bonds is 4. The summed E-state index contributed by atoms with van der Waals surface area (Å²) in [6, 6.07) is 7.57. The largest absolute Gasteiger partial charge is 0.493 e. The first kappa shape index (κ1) is 20.1. The fraction of sp³-hybridized carbons (Fsp3) is 0.111. The number of nitrogens with one attached hydrogen (secondary N) is 1. The van der Waals surface area contributed by atoms with E-state index in [0.29, 0.717) is 5.56 Å². The number of ether oxygens (including phenoxy) is 2. The zero-order chi connectivity index (χ0) is 20.5. The molecule has 1 saturated heterocycles. The lowest BCUT2D eigenvalue weighted by Gasteiger charge is -2.16. The van der Waals surface area contributed by atoms with E-state index in [4.69, 9.17) is 21.1 Å². The highest BCUT2D eigenvalue weighted by molar-refractivity contribution is 8.18. The van der Waals surface area contributed by atoms with Gasteiger partial charge in [-0.25, -0.2) is 0 Å². The third-order valence-corrected chi connectivity index (χ3v) is 4.64. The van der Waals surface area contributed by atoms with Crippen LogP contribution in [-0.2, 0) is 11.0 Å². The first-order valence-corrected chi connectivity index (χ1v) is 8.84. The molecule has 5 nitrogen and oxygen atoms in total. The van der Waals surface area contributed by atoms with E-state index in [1.165, 1.54) is 37.5 Å². The van der Waals surface area contributed by atoms with Crippen molar-refractivity contribution in [2.24, 2.45) is 0 Å². The second kappa shape index (κ2) is 7.76. The predicted octanol–water partition coefficient (Wildman–Crippen LogP) is 5.48. The molecule has 0 spiro atoms. The molecule has 0 bridgehead atoms. The Labute approximate surface area is 166 Å². The number of methoxy groups -OCH3 is 1. The van der Waals surface area contributed by atoms with Crippen molar-refractivity contribution in [1.29, 1.82) is 0 Å². The summed E-state index contributed by atoms with van der Waals surface area (Å²) < 4.78 is 50.3. The van der Waals surface area contributed by atoms with Crippen LogP contribution in [0.2, 0.25) is 5.02 Å². The van der Waals surface area contributed by atoms with Crippen LogP contribution in [0.1, 0.15) is 11.1 Å². The predicted molar refractivity (Wildman–Crippen MR) is 98.6 cm³/mol. The summed E-state index contributed by atoms with van der Waals surface area (Å²) in [6.45, 7) is 0. The van der Waals surface area contributed by atoms with Crippen molar-refractivity contribution in [2.45, 2.75) is 6.18 Å². The lowest BCUT2D eigenvalue weighted by molar-refractivity contribution is -0.138. The molecule has 2 amide bonds. The van der Waals surface area contributed by atoms with Crippen molar-refractivity contribution in [1.82, 2.24) is 5.32 Å². The Morgan fingerprint density at radius 1 is 1.07 bits per heavy atom. The first-order valence-electron chi connectivity index (χ1n) is 7.65. The number of amides is 2. The summed E-state index contributed by atoms with van der Waals surface area (Å²) in [5, 5.41) is 1.57. The average Bonchev–Trinajstić information content (AvgIpc) is 2.93. The molecule has 0 atom stereocenters. The lowest BCUT2D eigenvalue weighted by atomic mass is 10.1. The number of imide groups is 1. The smallest absolute Gasteiger partial charge is 0.420 e. The maximum atomic E-state index is 13.2. The van der Waals surface area contributed by atoms with Crippen molar-refractivity contribution in [3.63, 3.8) is 0 Å². The Kier molecular flexibility index (Phi) is 5.57. The van der Waals surface area contributed by atoms with E-state index in [1.54, 1.807) is 0 Å². The molecular formula is C18H11ClF3NO4S. The van der Waals surface area contributed by atoms with Crippen molar-refractivity contribution in [3.8, 4) is 17.2 Å². The monoisotopic (exact) mass is 429 g/mol. The quantitative estimate of drug-likeness (QED) is 0.652. The normalized spacial score (nSPS) is 15.7. The number of carbonyl (C=O) groups excluding carboxylic acids is 2. The van der Waals surface area contributed by atoms with Crippen molar-refractivity contribution in [3.05, 3.63) is 57.5 Å². The van der Waals surface area contributed by atoms with Crippen molar-refractivity contribution >= 4 is 40.6 Å². The molecule has 0 unspecified atom stereocenters. The summed E-state index contributed by atoms with van der Waals surface area (Å²) >= 11 is 6.41. The molecule has 1 fully saturated rings. The zero-order valence-corrected chi connectivity index (χ0v) is 15.7. The van der Waals surface area contributed by atoms with E-state index < -0.39 is 28.6 Å². The molecule has 0 aromatic heterocycles. The molecule has 1 heterocycles. The van der Waals surface area contributed by atoms with Gasteiger partial charge in [-0.3, -0.25) is 14.9 Å². The van der Waals surface area contributed by atoms with Crippen LogP contribution in [-0.4, -0.2) is 18.3 Å². The number of benzene rings is 2. The second-order valence-electron chi connectivity index (χ2n) is 5.50. The number of halogens is 4. The molecule has 3 rings (SSSR count). The lowest BCUT2D eigenvalue weighted by Crippen LogP contribution is -2.17. The molecule has 1 N–H and O–H groups in total. The first-order chi connectivity index (χ1) is 13.2. The van der Waals surface area contributed by atoms with Crippen LogP contribution in [0.25, 0.3) is 6.08 Å². The summed E-state index contributed by atoms with van der Waals surface area (Å²) in [7, 11) is 1.33. The molecule has 0 saturated carbocycles. The van der Waals surface area contributed by atoms with Gasteiger partial charge in [-0.05, 0) is 53.7 Å². The Bertz CT molecular complexity index is 991. The SMILES string of the molecule is COc1cc(C=C2SC(=O)NC2=O)ccc1Oc1ccc(Cl)cc1C(F)(F)F. The van der Waals surface area contributed by atoms with Gasteiger partial charge in [-0.2, -0.15) is 13.2 Å². The maximum absolute atomic E-state index is 13.2. The third kappa shape index (κ3) is 4.42. The number of hydrogen-bond donors (Lipinski definition) is 1. The van der Waals surface area contributed by atoms with E-state index in [9.17, 15) is 22.8 Å². The van der Waals surface area contributed by atoms with E-state index in [0.717, 1.165) is 23.9 Å². The molecule has 1 aliphatic rings. The van der Waals surface area contributed by atoms with Gasteiger partial charge in [0, 0.05) is 5.02 Å². The van der Waals surface area contributed by atoms with Gasteiger partial charge in [0.25, 0.3) is 11.1 Å². The third-order valence-electron chi connectivity index (χ3n) is 3.59. The van der Waals surface area contributed by atoms with E-state index in [-0.39, 0.29) is 21.4 Å². The Morgan fingerprint density at radius 3 is 2.39 bits per heavy atom. The molecule has 0 aliphatic carbocycles. The van der Waals surface area contributed by atoms with Crippen molar-refractivity contribution < 1.29 is 32.2 Å². The molecule has 28 heavy (non-hydrogen) atoms. The van der Waals surface area contributed by atoms with Crippen LogP contribution in [0.15, 0.2) is 41.3 Å². The van der Waals surface area contributed by atoms with Crippen LogP contribution in [0.4, 0.5) is 18.0 Å². The van der Waals surface area contributed by atoms with Crippen LogP contribution < -0.4 is 14.8 Å². The molecule has 0 radical (unpaired) electrons. The van der Waals surface area contributed by atoms with Gasteiger partial charge in [-0.1, -0.05) is 17.7 Å². The number of hydrogen-bond acceptors (Lipinski definition) is 5. The number of thioether (sulfide) groups is 1. The number of carbonyl (C=O) groups is 2.